The smallest absolute Gasteiger partial charge is 0.280 e. The number of allylic oxidation sites excluding steroid dienone is 9. The molecule has 21 heavy (non-hydrogen) atoms. The highest BCUT2D eigenvalue weighted by molar-refractivity contribution is 5.37. The fraction of sp³-hybridized carbons (Fsp3) is 0.375. The fourth-order valence-electron chi connectivity index (χ4n) is 2.58. The number of nitro groups is 1. The molecule has 0 aromatic carbocycles. The molecule has 2 N–H and O–H groups in total. The largest absolute Gasteiger partial charge is 0.402 e. The molecule has 0 spiro atoms. The zero-order chi connectivity index (χ0) is 15.4. The van der Waals surface area contributed by atoms with Crippen LogP contribution in [-0.2, 0) is 0 Å². The average molecular weight is 290 g/mol. The van der Waals surface area contributed by atoms with Crippen molar-refractivity contribution >= 4 is 0 Å². The van der Waals surface area contributed by atoms with Gasteiger partial charge in [-0.3, -0.25) is 10.1 Å². The van der Waals surface area contributed by atoms with Gasteiger partial charge in [0.05, 0.1) is 4.92 Å². The predicted octanol–water partition coefficient (Wildman–Crippen LogP) is 3.57. The van der Waals surface area contributed by atoms with Crippen molar-refractivity contribution in [3.63, 3.8) is 0 Å². The van der Waals surface area contributed by atoms with Crippen molar-refractivity contribution in [2.24, 2.45) is 11.7 Å². The average Bonchev–Trinajstić information content (AvgIpc) is 2.45. The maximum Gasteiger partial charge on any atom is 0.280 e. The molecule has 0 bridgehead atoms. The third-order valence-electron chi connectivity index (χ3n) is 3.95. The lowest BCUT2D eigenvalue weighted by molar-refractivity contribution is -0.433. The Morgan fingerprint density at radius 1 is 1.48 bits per heavy atom. The van der Waals surface area contributed by atoms with Crippen LogP contribution in [0.25, 0.3) is 0 Å². The standard InChI is InChI=1S/C16H19FN2O2/c1-11(6-7-12-4-2-3-5-15(12)18)13-8-9-16(19(20)21)14(17)10-13/h2-3,5,8-9,12,14H,1,4,6-7,10,18H2/t12-,14+/m0/s1. The number of rotatable bonds is 5. The van der Waals surface area contributed by atoms with Crippen LogP contribution in [0.15, 0.2) is 59.5 Å². The van der Waals surface area contributed by atoms with E-state index in [4.69, 9.17) is 5.73 Å². The fourth-order valence-corrected chi connectivity index (χ4v) is 2.58. The topological polar surface area (TPSA) is 69.2 Å². The Morgan fingerprint density at radius 2 is 2.24 bits per heavy atom. The van der Waals surface area contributed by atoms with Gasteiger partial charge in [-0.25, -0.2) is 4.39 Å². The van der Waals surface area contributed by atoms with Gasteiger partial charge in [-0.2, -0.15) is 0 Å². The van der Waals surface area contributed by atoms with E-state index in [0.717, 1.165) is 29.7 Å². The van der Waals surface area contributed by atoms with Crippen molar-refractivity contribution in [3.05, 3.63) is 69.6 Å². The van der Waals surface area contributed by atoms with Gasteiger partial charge in [0.2, 0.25) is 0 Å². The van der Waals surface area contributed by atoms with Gasteiger partial charge in [0.15, 0.2) is 6.17 Å². The molecule has 0 saturated heterocycles. The highest BCUT2D eigenvalue weighted by Gasteiger charge is 2.28. The molecular weight excluding hydrogens is 271 g/mol. The number of nitrogens with two attached hydrogens (primary N) is 1. The Labute approximate surface area is 123 Å². The SMILES string of the molecule is C=C(CC[C@@H]1CC=CC=C1N)C1=CC=C([N+](=O)[O-])[C@H](F)C1. The molecule has 0 radical (unpaired) electrons. The normalized spacial score (nSPS) is 24.9. The zero-order valence-corrected chi connectivity index (χ0v) is 11.8. The van der Waals surface area contributed by atoms with Gasteiger partial charge < -0.3 is 5.73 Å². The van der Waals surface area contributed by atoms with Crippen molar-refractivity contribution in [1.29, 1.82) is 0 Å². The van der Waals surface area contributed by atoms with Crippen LogP contribution in [0, 0.1) is 16.0 Å². The van der Waals surface area contributed by atoms with Crippen LogP contribution in [0.2, 0.25) is 0 Å². The second-order valence-electron chi connectivity index (χ2n) is 5.38. The summed E-state index contributed by atoms with van der Waals surface area (Å²) in [6.07, 6.45) is 9.73. The lowest BCUT2D eigenvalue weighted by Crippen LogP contribution is -2.17. The Kier molecular flexibility index (Phi) is 4.73. The minimum atomic E-state index is -1.56. The van der Waals surface area contributed by atoms with Gasteiger partial charge in [-0.05, 0) is 30.9 Å². The molecule has 2 aliphatic carbocycles. The lowest BCUT2D eigenvalue weighted by Gasteiger charge is -2.20. The van der Waals surface area contributed by atoms with Gasteiger partial charge >= 0.3 is 0 Å². The van der Waals surface area contributed by atoms with Crippen molar-refractivity contribution in [3.8, 4) is 0 Å². The van der Waals surface area contributed by atoms with Crippen molar-refractivity contribution in [2.45, 2.75) is 31.9 Å². The number of halogens is 1. The minimum Gasteiger partial charge on any atom is -0.402 e. The van der Waals surface area contributed by atoms with Crippen LogP contribution >= 0.6 is 0 Å². The molecule has 0 amide bonds. The van der Waals surface area contributed by atoms with Gasteiger partial charge in [0.25, 0.3) is 5.70 Å². The predicted molar refractivity (Wildman–Crippen MR) is 80.6 cm³/mol. The lowest BCUT2D eigenvalue weighted by atomic mass is 9.87. The summed E-state index contributed by atoms with van der Waals surface area (Å²) >= 11 is 0. The first kappa shape index (κ1) is 15.2. The number of nitrogens with zero attached hydrogens (tertiary/aromatic N) is 1. The van der Waals surface area contributed by atoms with E-state index in [1.165, 1.54) is 6.08 Å². The summed E-state index contributed by atoms with van der Waals surface area (Å²) in [6, 6.07) is 0. The third kappa shape index (κ3) is 3.68. The molecule has 2 atom stereocenters. The highest BCUT2D eigenvalue weighted by atomic mass is 19.1. The molecule has 0 saturated carbocycles. The molecule has 2 aliphatic rings. The van der Waals surface area contributed by atoms with E-state index in [1.54, 1.807) is 6.08 Å². The minimum absolute atomic E-state index is 0.0293. The Morgan fingerprint density at radius 3 is 2.86 bits per heavy atom. The second kappa shape index (κ2) is 6.52. The maximum atomic E-state index is 13.7. The number of hydrogen-bond acceptors (Lipinski definition) is 3. The van der Waals surface area contributed by atoms with Gasteiger partial charge in [0, 0.05) is 24.1 Å². The van der Waals surface area contributed by atoms with Crippen LogP contribution in [-0.4, -0.2) is 11.1 Å². The molecule has 2 rings (SSSR count). The Hall–Kier alpha value is -2.17. The Balaban J connectivity index is 1.94. The van der Waals surface area contributed by atoms with E-state index >= 15 is 0 Å². The molecule has 0 aliphatic heterocycles. The molecular formula is C16H19FN2O2. The van der Waals surface area contributed by atoms with E-state index in [-0.39, 0.29) is 12.1 Å². The van der Waals surface area contributed by atoms with Gasteiger partial charge in [-0.1, -0.05) is 30.4 Å². The van der Waals surface area contributed by atoms with Crippen LogP contribution < -0.4 is 5.73 Å². The summed E-state index contributed by atoms with van der Waals surface area (Å²) in [5, 5.41) is 10.6. The molecule has 0 aromatic rings. The summed E-state index contributed by atoms with van der Waals surface area (Å²) in [5.74, 6) is 0.294. The molecule has 0 aromatic heterocycles. The van der Waals surface area contributed by atoms with Crippen molar-refractivity contribution < 1.29 is 9.31 Å². The van der Waals surface area contributed by atoms with Crippen LogP contribution in [0.3, 0.4) is 0 Å². The highest BCUT2D eigenvalue weighted by Crippen LogP contribution is 2.31. The summed E-state index contributed by atoms with van der Waals surface area (Å²) in [4.78, 5) is 9.96. The zero-order valence-electron chi connectivity index (χ0n) is 11.8. The van der Waals surface area contributed by atoms with Gasteiger partial charge in [-0.15, -0.1) is 0 Å². The van der Waals surface area contributed by atoms with Crippen LogP contribution in [0.1, 0.15) is 25.7 Å². The second-order valence-corrected chi connectivity index (χ2v) is 5.38. The maximum absolute atomic E-state index is 13.7. The Bertz CT molecular complexity index is 573. The van der Waals surface area contributed by atoms with E-state index in [1.807, 2.05) is 12.2 Å². The molecule has 112 valence electrons. The first-order valence-electron chi connectivity index (χ1n) is 6.98. The quantitative estimate of drug-likeness (QED) is 0.621. The molecule has 5 heteroatoms. The van der Waals surface area contributed by atoms with Crippen molar-refractivity contribution in [1.82, 2.24) is 0 Å². The first-order valence-corrected chi connectivity index (χ1v) is 6.98. The summed E-state index contributed by atoms with van der Waals surface area (Å²) < 4.78 is 13.7. The van der Waals surface area contributed by atoms with E-state index in [9.17, 15) is 14.5 Å². The van der Waals surface area contributed by atoms with Crippen molar-refractivity contribution in [2.75, 3.05) is 0 Å². The molecule has 0 fully saturated rings. The van der Waals surface area contributed by atoms with E-state index in [0.29, 0.717) is 12.3 Å². The monoisotopic (exact) mass is 290 g/mol. The number of alkyl halides is 1. The van der Waals surface area contributed by atoms with Crippen LogP contribution in [0.4, 0.5) is 4.39 Å². The summed E-state index contributed by atoms with van der Waals surface area (Å²) in [5.41, 5.74) is 8.01. The van der Waals surface area contributed by atoms with Gasteiger partial charge in [0.1, 0.15) is 0 Å². The first-order chi connectivity index (χ1) is 9.99. The molecule has 0 unspecified atom stereocenters. The molecule has 4 nitrogen and oxygen atoms in total. The molecule has 0 heterocycles. The summed E-state index contributed by atoms with van der Waals surface area (Å²) in [7, 11) is 0. The van der Waals surface area contributed by atoms with E-state index in [2.05, 4.69) is 12.7 Å². The van der Waals surface area contributed by atoms with Crippen LogP contribution in [0.5, 0.6) is 0 Å². The number of hydrogen-bond donors (Lipinski definition) is 1. The van der Waals surface area contributed by atoms with E-state index < -0.39 is 11.1 Å². The third-order valence-corrected chi connectivity index (χ3v) is 3.95. The summed E-state index contributed by atoms with van der Waals surface area (Å²) in [6.45, 7) is 3.98.